The molecule has 1 aromatic heterocycles. The second-order valence-electron chi connectivity index (χ2n) is 5.21. The zero-order valence-electron chi connectivity index (χ0n) is 11.7. The Hall–Kier alpha value is -0.980. The summed E-state index contributed by atoms with van der Waals surface area (Å²) in [5.74, 6) is 1.25. The number of hydrogen-bond acceptors (Lipinski definition) is 4. The highest BCUT2D eigenvalue weighted by atomic mass is 79.9. The number of carbonyl (C=O) groups excluding carboxylic acids is 1. The van der Waals surface area contributed by atoms with E-state index in [1.54, 1.807) is 12.3 Å². The average molecular weight is 341 g/mol. The Morgan fingerprint density at radius 2 is 2.40 bits per heavy atom. The smallest absolute Gasteiger partial charge is 0.239 e. The Kier molecular flexibility index (Phi) is 5.94. The first-order valence-corrected chi connectivity index (χ1v) is 7.75. The molecular weight excluding hydrogens is 320 g/mol. The van der Waals surface area contributed by atoms with E-state index in [0.717, 1.165) is 30.5 Å². The fourth-order valence-electron chi connectivity index (χ4n) is 2.59. The number of anilines is 1. The van der Waals surface area contributed by atoms with Crippen LogP contribution >= 0.6 is 15.9 Å². The molecule has 1 unspecified atom stereocenters. The molecule has 0 aliphatic carbocycles. The van der Waals surface area contributed by atoms with E-state index in [0.29, 0.717) is 18.3 Å². The molecular formula is C14H21BrN4O. The number of aromatic nitrogens is 1. The van der Waals surface area contributed by atoms with Crippen molar-refractivity contribution in [2.45, 2.75) is 12.8 Å². The highest BCUT2D eigenvalue weighted by Gasteiger charge is 2.21. The minimum Gasteiger partial charge on any atom is -0.319 e. The lowest BCUT2D eigenvalue weighted by Gasteiger charge is -2.32. The molecule has 1 aliphatic heterocycles. The number of hydrogen-bond donors (Lipinski definition) is 2. The van der Waals surface area contributed by atoms with Crippen LogP contribution in [0.25, 0.3) is 0 Å². The summed E-state index contributed by atoms with van der Waals surface area (Å²) in [7, 11) is 1.98. The van der Waals surface area contributed by atoms with Crippen molar-refractivity contribution in [2.75, 3.05) is 38.5 Å². The Morgan fingerprint density at radius 1 is 1.55 bits per heavy atom. The topological polar surface area (TPSA) is 57.3 Å². The molecule has 110 valence electrons. The van der Waals surface area contributed by atoms with Crippen molar-refractivity contribution in [1.29, 1.82) is 0 Å². The summed E-state index contributed by atoms with van der Waals surface area (Å²) >= 11 is 3.32. The first-order chi connectivity index (χ1) is 9.67. The first kappa shape index (κ1) is 15.4. The van der Waals surface area contributed by atoms with Gasteiger partial charge in [-0.1, -0.05) is 0 Å². The van der Waals surface area contributed by atoms with Gasteiger partial charge in [0.25, 0.3) is 0 Å². The number of likely N-dealkylation sites (tertiary alicyclic amines) is 1. The highest BCUT2D eigenvalue weighted by Crippen LogP contribution is 2.15. The molecule has 1 amide bonds. The number of amides is 1. The van der Waals surface area contributed by atoms with Crippen molar-refractivity contribution in [3.05, 3.63) is 22.8 Å². The molecule has 1 aromatic rings. The van der Waals surface area contributed by atoms with Crippen LogP contribution < -0.4 is 10.6 Å². The van der Waals surface area contributed by atoms with Crippen LogP contribution in [0.4, 0.5) is 5.82 Å². The zero-order valence-corrected chi connectivity index (χ0v) is 13.3. The number of rotatable bonds is 5. The average Bonchev–Trinajstić information content (AvgIpc) is 2.42. The van der Waals surface area contributed by atoms with Crippen LogP contribution in [0.1, 0.15) is 12.8 Å². The van der Waals surface area contributed by atoms with E-state index < -0.39 is 0 Å². The van der Waals surface area contributed by atoms with Crippen LogP contribution in [0.15, 0.2) is 22.8 Å². The van der Waals surface area contributed by atoms with Crippen molar-refractivity contribution in [2.24, 2.45) is 5.92 Å². The second kappa shape index (κ2) is 7.71. The first-order valence-electron chi connectivity index (χ1n) is 6.95. The summed E-state index contributed by atoms with van der Waals surface area (Å²) in [6, 6.07) is 3.66. The van der Waals surface area contributed by atoms with Gasteiger partial charge >= 0.3 is 0 Å². The summed E-state index contributed by atoms with van der Waals surface area (Å²) in [4.78, 5) is 18.4. The molecule has 1 saturated heterocycles. The number of pyridine rings is 1. The number of nitrogens with zero attached hydrogens (tertiary/aromatic N) is 2. The van der Waals surface area contributed by atoms with E-state index in [9.17, 15) is 4.79 Å². The third-order valence-corrected chi connectivity index (χ3v) is 3.93. The van der Waals surface area contributed by atoms with Crippen LogP contribution in [0.2, 0.25) is 0 Å². The molecule has 1 fully saturated rings. The SMILES string of the molecule is CNCC1CCCN(CC(=O)Nc2ccc(Br)cn2)C1. The minimum atomic E-state index is 0.00456. The van der Waals surface area contributed by atoms with E-state index in [2.05, 4.69) is 36.4 Å². The molecule has 0 radical (unpaired) electrons. The van der Waals surface area contributed by atoms with E-state index in [4.69, 9.17) is 0 Å². The molecule has 20 heavy (non-hydrogen) atoms. The highest BCUT2D eigenvalue weighted by molar-refractivity contribution is 9.10. The number of halogens is 1. The van der Waals surface area contributed by atoms with Gasteiger partial charge in [0.15, 0.2) is 0 Å². The molecule has 0 aromatic carbocycles. The Balaban J connectivity index is 1.80. The quantitative estimate of drug-likeness (QED) is 0.856. The van der Waals surface area contributed by atoms with Crippen LogP contribution in [0.5, 0.6) is 0 Å². The lowest BCUT2D eigenvalue weighted by atomic mass is 9.98. The maximum Gasteiger partial charge on any atom is 0.239 e. The van der Waals surface area contributed by atoms with Gasteiger partial charge in [0.05, 0.1) is 6.54 Å². The molecule has 0 bridgehead atoms. The molecule has 6 heteroatoms. The number of nitrogens with one attached hydrogen (secondary N) is 2. The van der Waals surface area contributed by atoms with Gasteiger partial charge in [-0.25, -0.2) is 4.98 Å². The molecule has 1 aliphatic rings. The van der Waals surface area contributed by atoms with Crippen molar-refractivity contribution >= 4 is 27.7 Å². The van der Waals surface area contributed by atoms with Gasteiger partial charge in [0, 0.05) is 17.2 Å². The molecule has 2 rings (SSSR count). The minimum absolute atomic E-state index is 0.00456. The van der Waals surface area contributed by atoms with E-state index in [1.807, 2.05) is 13.1 Å². The van der Waals surface area contributed by atoms with E-state index in [1.165, 1.54) is 6.42 Å². The predicted molar refractivity (Wildman–Crippen MR) is 83.7 cm³/mol. The van der Waals surface area contributed by atoms with Crippen molar-refractivity contribution in [3.63, 3.8) is 0 Å². The van der Waals surface area contributed by atoms with Gasteiger partial charge in [-0.05, 0) is 67.0 Å². The third kappa shape index (κ3) is 4.85. The molecule has 2 N–H and O–H groups in total. The summed E-state index contributed by atoms with van der Waals surface area (Å²) in [6.07, 6.45) is 4.09. The normalized spacial score (nSPS) is 19.8. The van der Waals surface area contributed by atoms with Crippen LogP contribution in [0.3, 0.4) is 0 Å². The standard InChI is InChI=1S/C14H21BrN4O/c1-16-7-11-3-2-6-19(9-11)10-14(20)18-13-5-4-12(15)8-17-13/h4-5,8,11,16H,2-3,6-7,9-10H2,1H3,(H,17,18,20). The zero-order chi connectivity index (χ0) is 14.4. The fraction of sp³-hybridized carbons (Fsp3) is 0.571. The molecule has 0 saturated carbocycles. The van der Waals surface area contributed by atoms with Gasteiger partial charge < -0.3 is 10.6 Å². The van der Waals surface area contributed by atoms with Gasteiger partial charge in [-0.15, -0.1) is 0 Å². The van der Waals surface area contributed by atoms with Gasteiger partial charge in [-0.3, -0.25) is 9.69 Å². The third-order valence-electron chi connectivity index (χ3n) is 3.46. The lowest BCUT2D eigenvalue weighted by molar-refractivity contribution is -0.117. The largest absolute Gasteiger partial charge is 0.319 e. The molecule has 1 atom stereocenters. The molecule has 2 heterocycles. The monoisotopic (exact) mass is 340 g/mol. The van der Waals surface area contributed by atoms with Crippen LogP contribution in [0, 0.1) is 5.92 Å². The maximum atomic E-state index is 12.0. The van der Waals surface area contributed by atoms with Gasteiger partial charge in [0.2, 0.25) is 5.91 Å². The maximum absolute atomic E-state index is 12.0. The van der Waals surface area contributed by atoms with Crippen LogP contribution in [-0.4, -0.2) is 49.0 Å². The lowest BCUT2D eigenvalue weighted by Crippen LogP contribution is -2.42. The molecule has 5 nitrogen and oxygen atoms in total. The van der Waals surface area contributed by atoms with Crippen molar-refractivity contribution in [3.8, 4) is 0 Å². The summed E-state index contributed by atoms with van der Waals surface area (Å²) in [6.45, 7) is 3.45. The second-order valence-corrected chi connectivity index (χ2v) is 6.13. The summed E-state index contributed by atoms with van der Waals surface area (Å²) in [5, 5.41) is 6.05. The Labute approximate surface area is 128 Å². The van der Waals surface area contributed by atoms with Gasteiger partial charge in [0.1, 0.15) is 5.82 Å². The number of carbonyl (C=O) groups is 1. The van der Waals surface area contributed by atoms with Crippen LogP contribution in [-0.2, 0) is 4.79 Å². The molecule has 0 spiro atoms. The summed E-state index contributed by atoms with van der Waals surface area (Å²) < 4.78 is 0.904. The Bertz CT molecular complexity index is 435. The van der Waals surface area contributed by atoms with Crippen molar-refractivity contribution < 1.29 is 4.79 Å². The Morgan fingerprint density at radius 3 is 3.10 bits per heavy atom. The van der Waals surface area contributed by atoms with E-state index in [-0.39, 0.29) is 5.91 Å². The van der Waals surface area contributed by atoms with Crippen molar-refractivity contribution in [1.82, 2.24) is 15.2 Å². The van der Waals surface area contributed by atoms with Gasteiger partial charge in [-0.2, -0.15) is 0 Å². The number of piperidine rings is 1. The fourth-order valence-corrected chi connectivity index (χ4v) is 2.82. The van der Waals surface area contributed by atoms with E-state index >= 15 is 0 Å². The predicted octanol–water partition coefficient (Wildman–Crippen LogP) is 1.71. The summed E-state index contributed by atoms with van der Waals surface area (Å²) in [5.41, 5.74) is 0.